The molecule has 0 fully saturated rings. The topological polar surface area (TPSA) is 35.2 Å². The number of hydrogen-bond donors (Lipinski definition) is 1. The van der Waals surface area contributed by atoms with E-state index in [0.29, 0.717) is 5.92 Å². The van der Waals surface area contributed by atoms with E-state index >= 15 is 0 Å². The van der Waals surface area contributed by atoms with Gasteiger partial charge in [0.25, 0.3) is 0 Å². The van der Waals surface area contributed by atoms with Crippen molar-refractivity contribution in [3.8, 4) is 0 Å². The Morgan fingerprint density at radius 2 is 1.83 bits per heavy atom. The van der Waals surface area contributed by atoms with E-state index in [4.69, 9.17) is 22.1 Å². The molecule has 3 heteroatoms. The molecule has 0 heterocycles. The Labute approximate surface area is 115 Å². The summed E-state index contributed by atoms with van der Waals surface area (Å²) in [7, 11) is 0. The quantitative estimate of drug-likeness (QED) is 0.806. The maximum absolute atomic E-state index is 6.01. The van der Waals surface area contributed by atoms with Crippen molar-refractivity contribution in [2.45, 2.75) is 45.8 Å². The van der Waals surface area contributed by atoms with E-state index in [-0.39, 0.29) is 12.1 Å². The second-order valence-corrected chi connectivity index (χ2v) is 5.49. The number of rotatable bonds is 7. The lowest BCUT2D eigenvalue weighted by Gasteiger charge is -2.24. The van der Waals surface area contributed by atoms with Crippen LogP contribution in [-0.4, -0.2) is 12.6 Å². The summed E-state index contributed by atoms with van der Waals surface area (Å²) in [6.07, 6.45) is 2.32. The molecular weight excluding hydrogens is 246 g/mol. The van der Waals surface area contributed by atoms with Gasteiger partial charge in [0.15, 0.2) is 0 Å². The summed E-state index contributed by atoms with van der Waals surface area (Å²) < 4.78 is 5.98. The van der Waals surface area contributed by atoms with Gasteiger partial charge in [-0.1, -0.05) is 44.0 Å². The van der Waals surface area contributed by atoms with Gasteiger partial charge in [-0.25, -0.2) is 0 Å². The van der Waals surface area contributed by atoms with Gasteiger partial charge in [0.1, 0.15) is 0 Å². The van der Waals surface area contributed by atoms with Crippen molar-refractivity contribution in [2.24, 2.45) is 11.7 Å². The highest BCUT2D eigenvalue weighted by Gasteiger charge is 2.17. The predicted molar refractivity (Wildman–Crippen MR) is 77.9 cm³/mol. The summed E-state index contributed by atoms with van der Waals surface area (Å²) >= 11 is 5.89. The number of benzene rings is 1. The predicted octanol–water partition coefficient (Wildman–Crippen LogP) is 4.18. The number of nitrogens with two attached hydrogens (primary N) is 1. The largest absolute Gasteiger partial charge is 0.372 e. The molecule has 0 amide bonds. The lowest BCUT2D eigenvalue weighted by atomic mass is 10.0. The van der Waals surface area contributed by atoms with Crippen LogP contribution in [0.5, 0.6) is 0 Å². The molecule has 1 aromatic carbocycles. The van der Waals surface area contributed by atoms with Gasteiger partial charge < -0.3 is 10.5 Å². The molecule has 0 aliphatic carbocycles. The number of halogens is 1. The van der Waals surface area contributed by atoms with Gasteiger partial charge in [0.2, 0.25) is 0 Å². The molecule has 0 radical (unpaired) electrons. The second kappa shape index (κ2) is 7.78. The molecule has 3 atom stereocenters. The first-order valence-electron chi connectivity index (χ1n) is 6.67. The van der Waals surface area contributed by atoms with Crippen LogP contribution in [-0.2, 0) is 4.74 Å². The molecular formula is C15H24ClNO. The van der Waals surface area contributed by atoms with E-state index in [9.17, 15) is 0 Å². The average Bonchev–Trinajstić information content (AvgIpc) is 2.31. The summed E-state index contributed by atoms with van der Waals surface area (Å²) in [6.45, 7) is 7.13. The first kappa shape index (κ1) is 15.5. The van der Waals surface area contributed by atoms with Crippen LogP contribution in [0.3, 0.4) is 0 Å². The fourth-order valence-corrected chi connectivity index (χ4v) is 2.17. The summed E-state index contributed by atoms with van der Waals surface area (Å²) in [6, 6.07) is 7.71. The minimum Gasteiger partial charge on any atom is -0.372 e. The van der Waals surface area contributed by atoms with Crippen LogP contribution in [0.1, 0.15) is 45.3 Å². The van der Waals surface area contributed by atoms with E-state index in [2.05, 4.69) is 13.8 Å². The van der Waals surface area contributed by atoms with Crippen molar-refractivity contribution in [1.82, 2.24) is 0 Å². The molecule has 1 rings (SSSR count). The first-order valence-corrected chi connectivity index (χ1v) is 7.05. The first-order chi connectivity index (χ1) is 8.54. The monoisotopic (exact) mass is 269 g/mol. The zero-order chi connectivity index (χ0) is 13.5. The average molecular weight is 270 g/mol. The fraction of sp³-hybridized carbons (Fsp3) is 0.600. The van der Waals surface area contributed by atoms with Gasteiger partial charge in [-0.2, -0.15) is 0 Å². The lowest BCUT2D eigenvalue weighted by Crippen LogP contribution is -2.28. The van der Waals surface area contributed by atoms with Crippen molar-refractivity contribution >= 4 is 11.6 Å². The standard InChI is InChI=1S/C15H24ClNO/c1-4-5-11(2)10-18-15(12(3)17)13-6-8-14(16)9-7-13/h6-9,11-12,15H,4-5,10,17H2,1-3H3. The molecule has 0 aromatic heterocycles. The molecule has 2 N–H and O–H groups in total. The third kappa shape index (κ3) is 4.97. The van der Waals surface area contributed by atoms with Gasteiger partial charge in [-0.05, 0) is 37.0 Å². The van der Waals surface area contributed by atoms with Gasteiger partial charge >= 0.3 is 0 Å². The SMILES string of the molecule is CCCC(C)COC(c1ccc(Cl)cc1)C(C)N. The fourth-order valence-electron chi connectivity index (χ4n) is 2.05. The molecule has 0 aliphatic heterocycles. The maximum Gasteiger partial charge on any atom is 0.0973 e. The van der Waals surface area contributed by atoms with Crippen molar-refractivity contribution in [3.63, 3.8) is 0 Å². The summed E-state index contributed by atoms with van der Waals surface area (Å²) in [5, 5.41) is 0.738. The lowest BCUT2D eigenvalue weighted by molar-refractivity contribution is 0.0173. The smallest absolute Gasteiger partial charge is 0.0973 e. The normalized spacial score (nSPS) is 16.3. The second-order valence-electron chi connectivity index (χ2n) is 5.06. The minimum absolute atomic E-state index is 0.0278. The molecule has 18 heavy (non-hydrogen) atoms. The molecule has 0 spiro atoms. The highest BCUT2D eigenvalue weighted by molar-refractivity contribution is 6.30. The summed E-state index contributed by atoms with van der Waals surface area (Å²) in [5.74, 6) is 0.573. The summed E-state index contributed by atoms with van der Waals surface area (Å²) in [4.78, 5) is 0. The minimum atomic E-state index is -0.0541. The third-order valence-electron chi connectivity index (χ3n) is 3.02. The Morgan fingerprint density at radius 1 is 1.22 bits per heavy atom. The Balaban J connectivity index is 2.63. The van der Waals surface area contributed by atoms with E-state index in [0.717, 1.165) is 17.2 Å². The molecule has 1 aromatic rings. The van der Waals surface area contributed by atoms with Gasteiger partial charge in [-0.15, -0.1) is 0 Å². The van der Waals surface area contributed by atoms with Crippen molar-refractivity contribution in [2.75, 3.05) is 6.61 Å². The highest BCUT2D eigenvalue weighted by Crippen LogP contribution is 2.23. The van der Waals surface area contributed by atoms with E-state index in [1.807, 2.05) is 31.2 Å². The van der Waals surface area contributed by atoms with Crippen molar-refractivity contribution in [1.29, 1.82) is 0 Å². The zero-order valence-electron chi connectivity index (χ0n) is 11.5. The molecule has 0 saturated heterocycles. The molecule has 3 unspecified atom stereocenters. The number of ether oxygens (including phenoxy) is 1. The highest BCUT2D eigenvalue weighted by atomic mass is 35.5. The molecule has 0 saturated carbocycles. The Hall–Kier alpha value is -0.570. The molecule has 2 nitrogen and oxygen atoms in total. The van der Waals surface area contributed by atoms with E-state index in [1.54, 1.807) is 0 Å². The van der Waals surface area contributed by atoms with Crippen LogP contribution < -0.4 is 5.73 Å². The zero-order valence-corrected chi connectivity index (χ0v) is 12.3. The Morgan fingerprint density at radius 3 is 2.33 bits per heavy atom. The number of hydrogen-bond acceptors (Lipinski definition) is 2. The van der Waals surface area contributed by atoms with E-state index < -0.39 is 0 Å². The molecule has 0 aliphatic rings. The van der Waals surface area contributed by atoms with Gasteiger partial charge in [0, 0.05) is 11.1 Å². The van der Waals surface area contributed by atoms with Crippen molar-refractivity contribution < 1.29 is 4.74 Å². The Bertz CT molecular complexity index is 337. The van der Waals surface area contributed by atoms with Crippen LogP contribution in [0.4, 0.5) is 0 Å². The third-order valence-corrected chi connectivity index (χ3v) is 3.27. The summed E-state index contributed by atoms with van der Waals surface area (Å²) in [5.41, 5.74) is 7.10. The van der Waals surface area contributed by atoms with Crippen LogP contribution in [0.25, 0.3) is 0 Å². The molecule has 0 bridgehead atoms. The molecule has 102 valence electrons. The van der Waals surface area contributed by atoms with E-state index in [1.165, 1.54) is 12.8 Å². The van der Waals surface area contributed by atoms with Crippen LogP contribution in [0.2, 0.25) is 5.02 Å². The van der Waals surface area contributed by atoms with Crippen molar-refractivity contribution in [3.05, 3.63) is 34.9 Å². The maximum atomic E-state index is 6.01. The van der Waals surface area contributed by atoms with Crippen LogP contribution >= 0.6 is 11.6 Å². The van der Waals surface area contributed by atoms with Crippen LogP contribution in [0.15, 0.2) is 24.3 Å². The van der Waals surface area contributed by atoms with Gasteiger partial charge in [-0.3, -0.25) is 0 Å². The van der Waals surface area contributed by atoms with Gasteiger partial charge in [0.05, 0.1) is 12.7 Å². The van der Waals surface area contributed by atoms with Crippen LogP contribution in [0, 0.1) is 5.92 Å². The Kier molecular flexibility index (Phi) is 6.69.